The van der Waals surface area contributed by atoms with Crippen LogP contribution in [0.5, 0.6) is 11.5 Å². The van der Waals surface area contributed by atoms with Gasteiger partial charge in [-0.05, 0) is 70.4 Å². The third kappa shape index (κ3) is 5.78. The molecule has 0 aromatic heterocycles. The molecule has 0 radical (unpaired) electrons. The van der Waals surface area contributed by atoms with E-state index in [1.54, 1.807) is 30.3 Å². The molecule has 36 heavy (non-hydrogen) atoms. The number of amides is 3. The molecule has 1 N–H and O–H groups in total. The summed E-state index contributed by atoms with van der Waals surface area (Å²) in [5.41, 5.74) is 2.94. The Hall–Kier alpha value is -3.61. The number of nitrogens with zero attached hydrogens (tertiary/aromatic N) is 2. The van der Waals surface area contributed by atoms with Crippen molar-refractivity contribution in [2.75, 3.05) is 6.61 Å². The van der Waals surface area contributed by atoms with Gasteiger partial charge in [-0.3, -0.25) is 9.69 Å². The van der Waals surface area contributed by atoms with Gasteiger partial charge in [0.05, 0.1) is 29.3 Å². The quantitative estimate of drug-likeness (QED) is 0.244. The number of carbonyl (C=O) groups is 2. The van der Waals surface area contributed by atoms with Gasteiger partial charge < -0.3 is 14.8 Å². The lowest BCUT2D eigenvalue weighted by molar-refractivity contribution is -0.123. The average Bonchev–Trinajstić information content (AvgIpc) is 3.12. The zero-order valence-electron chi connectivity index (χ0n) is 19.3. The van der Waals surface area contributed by atoms with Gasteiger partial charge in [0.15, 0.2) is 11.5 Å². The molecule has 3 amide bonds. The fourth-order valence-corrected chi connectivity index (χ4v) is 4.47. The molecule has 9 heteroatoms. The second-order valence-corrected chi connectivity index (χ2v) is 9.60. The maximum atomic E-state index is 12.9. The smallest absolute Gasteiger partial charge is 0.329 e. The SMILES string of the molecule is CCOc1cc(/C=C2\NC(=O)N(Cc3ccc(Br)cc3)C2=O)cc(Br)c1OCc1ccccc1C#N. The Labute approximate surface area is 225 Å². The van der Waals surface area contributed by atoms with Crippen molar-refractivity contribution >= 4 is 49.9 Å². The predicted molar refractivity (Wildman–Crippen MR) is 142 cm³/mol. The molecule has 0 spiro atoms. The van der Waals surface area contributed by atoms with E-state index in [1.807, 2.05) is 43.3 Å². The number of hydrogen-bond donors (Lipinski definition) is 1. The fourth-order valence-electron chi connectivity index (χ4n) is 3.63. The van der Waals surface area contributed by atoms with Gasteiger partial charge >= 0.3 is 6.03 Å². The van der Waals surface area contributed by atoms with Gasteiger partial charge in [-0.2, -0.15) is 5.26 Å². The summed E-state index contributed by atoms with van der Waals surface area (Å²) in [7, 11) is 0. The van der Waals surface area contributed by atoms with Crippen LogP contribution in [0.15, 0.2) is 75.3 Å². The first-order chi connectivity index (χ1) is 17.4. The molecule has 0 bridgehead atoms. The van der Waals surface area contributed by atoms with Crippen molar-refractivity contribution in [2.24, 2.45) is 0 Å². The van der Waals surface area contributed by atoms with Crippen molar-refractivity contribution < 1.29 is 19.1 Å². The van der Waals surface area contributed by atoms with E-state index in [2.05, 4.69) is 43.2 Å². The lowest BCUT2D eigenvalue weighted by atomic mass is 10.1. The largest absolute Gasteiger partial charge is 0.490 e. The van der Waals surface area contributed by atoms with Crippen LogP contribution in [0.2, 0.25) is 0 Å². The minimum absolute atomic E-state index is 0.167. The Kier molecular flexibility index (Phi) is 8.08. The molecular formula is C27H21Br2N3O4. The molecular weight excluding hydrogens is 590 g/mol. The molecule has 0 saturated carbocycles. The molecule has 182 valence electrons. The average molecular weight is 611 g/mol. The van der Waals surface area contributed by atoms with E-state index in [-0.39, 0.29) is 18.8 Å². The van der Waals surface area contributed by atoms with Crippen LogP contribution in [-0.2, 0) is 17.9 Å². The Bertz CT molecular complexity index is 1380. The van der Waals surface area contributed by atoms with Crippen LogP contribution in [0.3, 0.4) is 0 Å². The Morgan fingerprint density at radius 2 is 1.81 bits per heavy atom. The molecule has 0 atom stereocenters. The number of urea groups is 1. The molecule has 1 saturated heterocycles. The molecule has 1 fully saturated rings. The van der Waals surface area contributed by atoms with E-state index in [4.69, 9.17) is 9.47 Å². The number of nitrogens with one attached hydrogen (secondary N) is 1. The second kappa shape index (κ2) is 11.4. The van der Waals surface area contributed by atoms with E-state index < -0.39 is 11.9 Å². The number of imide groups is 1. The zero-order valence-corrected chi connectivity index (χ0v) is 22.4. The summed E-state index contributed by atoms with van der Waals surface area (Å²) < 4.78 is 13.3. The Balaban J connectivity index is 1.56. The lowest BCUT2D eigenvalue weighted by Crippen LogP contribution is -2.30. The van der Waals surface area contributed by atoms with Crippen LogP contribution in [-0.4, -0.2) is 23.4 Å². The molecule has 0 aliphatic carbocycles. The number of nitriles is 1. The van der Waals surface area contributed by atoms with Crippen molar-refractivity contribution in [3.63, 3.8) is 0 Å². The van der Waals surface area contributed by atoms with Gasteiger partial charge in [0.1, 0.15) is 12.3 Å². The van der Waals surface area contributed by atoms with Crippen LogP contribution in [0.25, 0.3) is 6.08 Å². The van der Waals surface area contributed by atoms with Gasteiger partial charge in [-0.25, -0.2) is 4.79 Å². The standard InChI is InChI=1S/C27H21Br2N3O4/c1-2-35-24-13-18(11-22(29)25(24)36-16-20-6-4-3-5-19(20)14-30)12-23-26(33)32(27(34)31-23)15-17-7-9-21(28)10-8-17/h3-13H,2,15-16H2,1H3,(H,31,34)/b23-12-. The van der Waals surface area contributed by atoms with Crippen molar-refractivity contribution in [2.45, 2.75) is 20.1 Å². The van der Waals surface area contributed by atoms with Crippen molar-refractivity contribution in [3.05, 3.63) is 97.6 Å². The second-order valence-electron chi connectivity index (χ2n) is 7.83. The molecule has 7 nitrogen and oxygen atoms in total. The molecule has 1 aliphatic heterocycles. The highest BCUT2D eigenvalue weighted by Gasteiger charge is 2.33. The number of benzene rings is 3. The summed E-state index contributed by atoms with van der Waals surface area (Å²) >= 11 is 6.91. The fraction of sp³-hybridized carbons (Fsp3) is 0.148. The van der Waals surface area contributed by atoms with Crippen LogP contribution >= 0.6 is 31.9 Å². The first-order valence-corrected chi connectivity index (χ1v) is 12.6. The Morgan fingerprint density at radius 1 is 1.06 bits per heavy atom. The predicted octanol–water partition coefficient (Wildman–Crippen LogP) is 6.15. The van der Waals surface area contributed by atoms with Crippen LogP contribution in [0.1, 0.15) is 29.2 Å². The minimum Gasteiger partial charge on any atom is -0.490 e. The molecule has 1 aliphatic rings. The number of halogens is 2. The van der Waals surface area contributed by atoms with Crippen LogP contribution in [0, 0.1) is 11.3 Å². The van der Waals surface area contributed by atoms with Gasteiger partial charge in [0, 0.05) is 10.0 Å². The van der Waals surface area contributed by atoms with E-state index in [0.717, 1.165) is 20.5 Å². The third-order valence-corrected chi connectivity index (χ3v) is 6.49. The maximum absolute atomic E-state index is 12.9. The molecule has 0 unspecified atom stereocenters. The topological polar surface area (TPSA) is 91.7 Å². The van der Waals surface area contributed by atoms with Crippen molar-refractivity contribution in [3.8, 4) is 17.6 Å². The van der Waals surface area contributed by atoms with Gasteiger partial charge in [0.25, 0.3) is 5.91 Å². The summed E-state index contributed by atoms with van der Waals surface area (Å²) in [5, 5.41) is 12.0. The Morgan fingerprint density at radius 3 is 2.53 bits per heavy atom. The highest BCUT2D eigenvalue weighted by molar-refractivity contribution is 9.10. The highest BCUT2D eigenvalue weighted by Crippen LogP contribution is 2.38. The lowest BCUT2D eigenvalue weighted by Gasteiger charge is -2.15. The number of carbonyl (C=O) groups excluding carboxylic acids is 2. The monoisotopic (exact) mass is 609 g/mol. The van der Waals surface area contributed by atoms with E-state index in [1.165, 1.54) is 0 Å². The van der Waals surface area contributed by atoms with E-state index in [9.17, 15) is 14.9 Å². The molecule has 3 aromatic rings. The van der Waals surface area contributed by atoms with Crippen LogP contribution < -0.4 is 14.8 Å². The highest BCUT2D eigenvalue weighted by atomic mass is 79.9. The number of ether oxygens (including phenoxy) is 2. The molecule has 3 aromatic carbocycles. The number of hydrogen-bond acceptors (Lipinski definition) is 5. The molecule has 1 heterocycles. The maximum Gasteiger partial charge on any atom is 0.329 e. The summed E-state index contributed by atoms with van der Waals surface area (Å²) in [6.07, 6.45) is 1.60. The summed E-state index contributed by atoms with van der Waals surface area (Å²) in [6, 6.07) is 19.8. The van der Waals surface area contributed by atoms with Gasteiger partial charge in [-0.1, -0.05) is 46.3 Å². The zero-order chi connectivity index (χ0) is 25.7. The number of rotatable bonds is 8. The first-order valence-electron chi connectivity index (χ1n) is 11.1. The van der Waals surface area contributed by atoms with Gasteiger partial charge in [-0.15, -0.1) is 0 Å². The first kappa shape index (κ1) is 25.5. The van der Waals surface area contributed by atoms with Gasteiger partial charge in [0.2, 0.25) is 0 Å². The molecule has 4 rings (SSSR count). The summed E-state index contributed by atoms with van der Waals surface area (Å²) in [5.74, 6) is 0.535. The third-order valence-electron chi connectivity index (χ3n) is 5.37. The van der Waals surface area contributed by atoms with Crippen molar-refractivity contribution in [1.29, 1.82) is 5.26 Å². The summed E-state index contributed by atoms with van der Waals surface area (Å²) in [4.78, 5) is 26.6. The minimum atomic E-state index is -0.477. The van der Waals surface area contributed by atoms with Crippen LogP contribution in [0.4, 0.5) is 4.79 Å². The van der Waals surface area contributed by atoms with E-state index >= 15 is 0 Å². The van der Waals surface area contributed by atoms with E-state index in [0.29, 0.717) is 33.7 Å². The summed E-state index contributed by atoms with van der Waals surface area (Å²) in [6.45, 7) is 2.60. The normalized spacial score (nSPS) is 14.1. The van der Waals surface area contributed by atoms with Crippen molar-refractivity contribution in [1.82, 2.24) is 10.2 Å².